The molecule has 76 valence electrons. The van der Waals surface area contributed by atoms with Gasteiger partial charge in [0, 0.05) is 5.02 Å². The van der Waals surface area contributed by atoms with Gasteiger partial charge in [-0.3, -0.25) is 0 Å². The smallest absolute Gasteiger partial charge is 0.123 e. The molecule has 0 atom stereocenters. The van der Waals surface area contributed by atoms with E-state index in [4.69, 9.17) is 16.3 Å². The third-order valence-corrected chi connectivity index (χ3v) is 3.13. The number of fused-ring (bicyclic) bond motifs is 1. The van der Waals surface area contributed by atoms with Crippen molar-refractivity contribution < 1.29 is 4.74 Å². The van der Waals surface area contributed by atoms with Crippen LogP contribution in [0, 0.1) is 6.92 Å². The van der Waals surface area contributed by atoms with E-state index < -0.39 is 0 Å². The second kappa shape index (κ2) is 3.16. The maximum Gasteiger partial charge on any atom is 0.123 e. The highest BCUT2D eigenvalue weighted by atomic mass is 35.5. The zero-order chi connectivity index (χ0) is 10.3. The Hall–Kier alpha value is -0.690. The van der Waals surface area contributed by atoms with Crippen molar-refractivity contribution in [2.75, 3.05) is 0 Å². The molecule has 1 aromatic rings. The molecule has 14 heavy (non-hydrogen) atoms. The van der Waals surface area contributed by atoms with Crippen LogP contribution in [0.4, 0.5) is 0 Å². The Labute approximate surface area is 90.0 Å². The number of aryl methyl sites for hydroxylation is 2. The van der Waals surface area contributed by atoms with Crippen LogP contribution in [0.15, 0.2) is 12.1 Å². The summed E-state index contributed by atoms with van der Waals surface area (Å²) in [5.41, 5.74) is 2.29. The predicted octanol–water partition coefficient (Wildman–Crippen LogP) is 3.75. The van der Waals surface area contributed by atoms with Crippen molar-refractivity contribution in [3.8, 4) is 5.75 Å². The highest BCUT2D eigenvalue weighted by Gasteiger charge is 2.26. The first-order valence-electron chi connectivity index (χ1n) is 4.96. The van der Waals surface area contributed by atoms with Gasteiger partial charge in [-0.2, -0.15) is 0 Å². The van der Waals surface area contributed by atoms with Crippen LogP contribution >= 0.6 is 11.6 Å². The molecule has 0 fully saturated rings. The van der Waals surface area contributed by atoms with Gasteiger partial charge in [-0.1, -0.05) is 11.6 Å². The fraction of sp³-hybridized carbons (Fsp3) is 0.500. The van der Waals surface area contributed by atoms with E-state index in [9.17, 15) is 0 Å². The van der Waals surface area contributed by atoms with Crippen LogP contribution in [0.1, 0.15) is 31.4 Å². The number of hydrogen-bond donors (Lipinski definition) is 0. The van der Waals surface area contributed by atoms with Crippen molar-refractivity contribution in [3.05, 3.63) is 28.3 Å². The Morgan fingerprint density at radius 1 is 1.36 bits per heavy atom. The van der Waals surface area contributed by atoms with E-state index >= 15 is 0 Å². The second-order valence-corrected chi connectivity index (χ2v) is 4.98. The van der Waals surface area contributed by atoms with Crippen LogP contribution in [0.3, 0.4) is 0 Å². The largest absolute Gasteiger partial charge is 0.488 e. The fourth-order valence-electron chi connectivity index (χ4n) is 1.77. The van der Waals surface area contributed by atoms with Crippen molar-refractivity contribution >= 4 is 11.6 Å². The summed E-state index contributed by atoms with van der Waals surface area (Å²) in [7, 11) is 0. The van der Waals surface area contributed by atoms with Gasteiger partial charge in [0.15, 0.2) is 0 Å². The van der Waals surface area contributed by atoms with Gasteiger partial charge in [0.25, 0.3) is 0 Å². The third-order valence-electron chi connectivity index (χ3n) is 2.72. The molecule has 0 saturated carbocycles. The first-order chi connectivity index (χ1) is 6.48. The van der Waals surface area contributed by atoms with E-state index in [1.807, 2.05) is 19.1 Å². The summed E-state index contributed by atoms with van der Waals surface area (Å²) in [6, 6.07) is 4.07. The van der Waals surface area contributed by atoms with Gasteiger partial charge in [-0.25, -0.2) is 0 Å². The molecule has 0 unspecified atom stereocenters. The topological polar surface area (TPSA) is 9.23 Å². The Morgan fingerprint density at radius 2 is 2.07 bits per heavy atom. The molecule has 2 heteroatoms. The first-order valence-corrected chi connectivity index (χ1v) is 5.34. The molecule has 1 aliphatic rings. The van der Waals surface area contributed by atoms with E-state index in [1.54, 1.807) is 0 Å². The van der Waals surface area contributed by atoms with Crippen molar-refractivity contribution in [1.82, 2.24) is 0 Å². The van der Waals surface area contributed by atoms with Gasteiger partial charge >= 0.3 is 0 Å². The molecule has 0 N–H and O–H groups in total. The van der Waals surface area contributed by atoms with Crippen LogP contribution in [0.5, 0.6) is 5.75 Å². The molecular weight excluding hydrogens is 196 g/mol. The lowest BCUT2D eigenvalue weighted by atomic mass is 9.94. The van der Waals surface area contributed by atoms with Crippen molar-refractivity contribution in [2.45, 2.75) is 39.2 Å². The molecule has 1 aromatic carbocycles. The SMILES string of the molecule is Cc1cc2c(cc1Cl)CCC(C)(C)O2. The lowest BCUT2D eigenvalue weighted by molar-refractivity contribution is 0.0846. The summed E-state index contributed by atoms with van der Waals surface area (Å²) in [6.07, 6.45) is 2.11. The molecule has 0 amide bonds. The van der Waals surface area contributed by atoms with Crippen LogP contribution in [-0.4, -0.2) is 5.60 Å². The molecule has 1 heterocycles. The van der Waals surface area contributed by atoms with E-state index in [2.05, 4.69) is 13.8 Å². The first kappa shape index (κ1) is 9.85. The van der Waals surface area contributed by atoms with E-state index in [1.165, 1.54) is 5.56 Å². The number of hydrogen-bond acceptors (Lipinski definition) is 1. The maximum absolute atomic E-state index is 6.06. The van der Waals surface area contributed by atoms with Gasteiger partial charge in [0.05, 0.1) is 0 Å². The molecule has 0 aliphatic carbocycles. The zero-order valence-electron chi connectivity index (χ0n) is 8.86. The lowest BCUT2D eigenvalue weighted by Gasteiger charge is -2.32. The minimum atomic E-state index is -0.0345. The molecule has 0 aromatic heterocycles. The molecular formula is C12H15ClO. The maximum atomic E-state index is 6.06. The molecule has 1 aliphatic heterocycles. The minimum Gasteiger partial charge on any atom is -0.488 e. The minimum absolute atomic E-state index is 0.0345. The zero-order valence-corrected chi connectivity index (χ0v) is 9.61. The molecule has 2 rings (SSSR count). The number of benzene rings is 1. The normalized spacial score (nSPS) is 18.6. The molecule has 0 saturated heterocycles. The molecule has 0 bridgehead atoms. The molecule has 0 radical (unpaired) electrons. The summed E-state index contributed by atoms with van der Waals surface area (Å²) in [6.45, 7) is 6.26. The van der Waals surface area contributed by atoms with E-state index in [0.717, 1.165) is 29.2 Å². The highest BCUT2D eigenvalue weighted by Crippen LogP contribution is 2.35. The molecule has 1 nitrogen and oxygen atoms in total. The van der Waals surface area contributed by atoms with Gasteiger partial charge in [-0.15, -0.1) is 0 Å². The van der Waals surface area contributed by atoms with Gasteiger partial charge < -0.3 is 4.74 Å². The average Bonchev–Trinajstić information content (AvgIpc) is 2.07. The summed E-state index contributed by atoms with van der Waals surface area (Å²) >= 11 is 6.06. The third kappa shape index (κ3) is 1.74. The van der Waals surface area contributed by atoms with Crippen LogP contribution in [0.2, 0.25) is 5.02 Å². The van der Waals surface area contributed by atoms with Crippen LogP contribution < -0.4 is 4.74 Å². The highest BCUT2D eigenvalue weighted by molar-refractivity contribution is 6.31. The van der Waals surface area contributed by atoms with Crippen LogP contribution in [-0.2, 0) is 6.42 Å². The summed E-state index contributed by atoms with van der Waals surface area (Å²) in [5.74, 6) is 1.00. The van der Waals surface area contributed by atoms with Gasteiger partial charge in [0.1, 0.15) is 11.4 Å². The van der Waals surface area contributed by atoms with Gasteiger partial charge in [-0.05, 0) is 56.9 Å². The van der Waals surface area contributed by atoms with Crippen LogP contribution in [0.25, 0.3) is 0 Å². The Kier molecular flexibility index (Phi) is 2.23. The predicted molar refractivity (Wildman–Crippen MR) is 59.2 cm³/mol. The Morgan fingerprint density at radius 3 is 2.79 bits per heavy atom. The fourth-order valence-corrected chi connectivity index (χ4v) is 1.96. The monoisotopic (exact) mass is 210 g/mol. The molecule has 0 spiro atoms. The van der Waals surface area contributed by atoms with E-state index in [0.29, 0.717) is 0 Å². The average molecular weight is 211 g/mol. The van der Waals surface area contributed by atoms with Gasteiger partial charge in [0.2, 0.25) is 0 Å². The quantitative estimate of drug-likeness (QED) is 0.634. The van der Waals surface area contributed by atoms with E-state index in [-0.39, 0.29) is 5.60 Å². The summed E-state index contributed by atoms with van der Waals surface area (Å²) < 4.78 is 5.90. The Balaban J connectivity index is 2.43. The summed E-state index contributed by atoms with van der Waals surface area (Å²) in [5, 5.41) is 0.840. The van der Waals surface area contributed by atoms with Crippen molar-refractivity contribution in [3.63, 3.8) is 0 Å². The number of halogens is 1. The number of ether oxygens (including phenoxy) is 1. The summed E-state index contributed by atoms with van der Waals surface area (Å²) in [4.78, 5) is 0. The lowest BCUT2D eigenvalue weighted by Crippen LogP contribution is -2.32. The standard InChI is InChI=1S/C12H15ClO/c1-8-6-11-9(7-10(8)13)4-5-12(2,3)14-11/h6-7H,4-5H2,1-3H3. The van der Waals surface area contributed by atoms with Crippen molar-refractivity contribution in [1.29, 1.82) is 0 Å². The van der Waals surface area contributed by atoms with Crippen molar-refractivity contribution in [2.24, 2.45) is 0 Å². The number of rotatable bonds is 0. The second-order valence-electron chi connectivity index (χ2n) is 4.57. The Bertz CT molecular complexity index is 369.